The Labute approximate surface area is 201 Å². The third-order valence-corrected chi connectivity index (χ3v) is 5.84. The number of benzene rings is 2. The average molecular weight is 460 g/mol. The number of furan rings is 1. The van der Waals surface area contributed by atoms with E-state index < -0.39 is 6.04 Å². The summed E-state index contributed by atoms with van der Waals surface area (Å²) < 4.78 is 11.2. The van der Waals surface area contributed by atoms with Gasteiger partial charge in [0.25, 0.3) is 5.91 Å². The van der Waals surface area contributed by atoms with Gasteiger partial charge in [0, 0.05) is 26.2 Å². The number of guanidine groups is 1. The van der Waals surface area contributed by atoms with Crippen LogP contribution in [-0.2, 0) is 22.5 Å². The van der Waals surface area contributed by atoms with Crippen LogP contribution >= 0.6 is 0 Å². The van der Waals surface area contributed by atoms with E-state index in [0.29, 0.717) is 38.7 Å². The Morgan fingerprint density at radius 3 is 2.50 bits per heavy atom. The molecule has 178 valence electrons. The van der Waals surface area contributed by atoms with Gasteiger partial charge in [-0.15, -0.1) is 0 Å². The fourth-order valence-electron chi connectivity index (χ4n) is 4.36. The van der Waals surface area contributed by atoms with Gasteiger partial charge < -0.3 is 14.1 Å². The van der Waals surface area contributed by atoms with Crippen LogP contribution in [0.2, 0.25) is 0 Å². The monoisotopic (exact) mass is 459 g/mol. The number of ether oxygens (including phenoxy) is 1. The average Bonchev–Trinajstić information content (AvgIpc) is 3.44. The molecule has 6 nitrogen and oxygen atoms in total. The molecule has 1 unspecified atom stereocenters. The zero-order chi connectivity index (χ0) is 23.9. The van der Waals surface area contributed by atoms with Crippen molar-refractivity contribution in [2.24, 2.45) is 4.99 Å². The SMILES string of the molecule is CCOCCCN(Cc1ccco1)C1=NC(Cc2ccccc2)C(=O)N1c1cc(C)cc(C)c1. The molecule has 0 spiro atoms. The molecule has 0 aliphatic carbocycles. The number of amides is 1. The van der Waals surface area contributed by atoms with Crippen molar-refractivity contribution >= 4 is 17.6 Å². The lowest BCUT2D eigenvalue weighted by molar-refractivity contribution is -0.118. The summed E-state index contributed by atoms with van der Waals surface area (Å²) in [4.78, 5) is 22.7. The van der Waals surface area contributed by atoms with Gasteiger partial charge in [0.15, 0.2) is 0 Å². The highest BCUT2D eigenvalue weighted by atomic mass is 16.5. The van der Waals surface area contributed by atoms with Gasteiger partial charge in [0.2, 0.25) is 5.96 Å². The Morgan fingerprint density at radius 1 is 1.06 bits per heavy atom. The molecule has 0 saturated carbocycles. The van der Waals surface area contributed by atoms with E-state index >= 15 is 0 Å². The van der Waals surface area contributed by atoms with Gasteiger partial charge in [-0.05, 0) is 68.1 Å². The van der Waals surface area contributed by atoms with Crippen molar-refractivity contribution in [3.63, 3.8) is 0 Å². The summed E-state index contributed by atoms with van der Waals surface area (Å²) in [6, 6.07) is 19.7. The van der Waals surface area contributed by atoms with Crippen molar-refractivity contribution in [3.8, 4) is 0 Å². The fourth-order valence-corrected chi connectivity index (χ4v) is 4.36. The first-order valence-electron chi connectivity index (χ1n) is 11.9. The van der Waals surface area contributed by atoms with E-state index in [1.165, 1.54) is 0 Å². The van der Waals surface area contributed by atoms with Gasteiger partial charge in [-0.25, -0.2) is 9.89 Å². The number of carbonyl (C=O) groups is 1. The van der Waals surface area contributed by atoms with Crippen LogP contribution in [0.5, 0.6) is 0 Å². The van der Waals surface area contributed by atoms with E-state index in [-0.39, 0.29) is 5.91 Å². The highest BCUT2D eigenvalue weighted by Crippen LogP contribution is 2.28. The predicted molar refractivity (Wildman–Crippen MR) is 135 cm³/mol. The summed E-state index contributed by atoms with van der Waals surface area (Å²) in [7, 11) is 0. The smallest absolute Gasteiger partial charge is 0.259 e. The van der Waals surface area contributed by atoms with Crippen LogP contribution in [0, 0.1) is 13.8 Å². The highest BCUT2D eigenvalue weighted by Gasteiger charge is 2.38. The molecule has 2 heterocycles. The minimum atomic E-state index is -0.468. The van der Waals surface area contributed by atoms with E-state index in [1.54, 1.807) is 11.2 Å². The van der Waals surface area contributed by atoms with Gasteiger partial charge in [-0.1, -0.05) is 36.4 Å². The van der Waals surface area contributed by atoms with Gasteiger partial charge in [0.1, 0.15) is 11.8 Å². The number of anilines is 1. The zero-order valence-electron chi connectivity index (χ0n) is 20.2. The Kier molecular flexibility index (Phi) is 7.80. The number of hydrogen-bond donors (Lipinski definition) is 0. The van der Waals surface area contributed by atoms with Crippen molar-refractivity contribution < 1.29 is 13.9 Å². The fraction of sp³-hybridized carbons (Fsp3) is 0.357. The number of hydrogen-bond acceptors (Lipinski definition) is 5. The van der Waals surface area contributed by atoms with Crippen LogP contribution in [-0.4, -0.2) is 42.6 Å². The molecule has 1 amide bonds. The third-order valence-electron chi connectivity index (χ3n) is 5.84. The van der Waals surface area contributed by atoms with Crippen LogP contribution < -0.4 is 4.90 Å². The lowest BCUT2D eigenvalue weighted by Gasteiger charge is -2.29. The molecule has 0 N–H and O–H groups in total. The molecule has 6 heteroatoms. The number of aliphatic imine (C=N–C) groups is 1. The molecule has 1 aliphatic rings. The van der Waals surface area contributed by atoms with E-state index in [2.05, 4.69) is 36.9 Å². The second-order valence-electron chi connectivity index (χ2n) is 8.71. The first-order chi connectivity index (χ1) is 16.5. The van der Waals surface area contributed by atoms with Crippen LogP contribution in [0.15, 0.2) is 76.3 Å². The molecular formula is C28H33N3O3. The predicted octanol–water partition coefficient (Wildman–Crippen LogP) is 5.14. The zero-order valence-corrected chi connectivity index (χ0v) is 20.2. The van der Waals surface area contributed by atoms with E-state index in [4.69, 9.17) is 14.1 Å². The molecule has 1 atom stereocenters. The summed E-state index contributed by atoms with van der Waals surface area (Å²) in [6.07, 6.45) is 3.07. The quantitative estimate of drug-likeness (QED) is 0.394. The Hall–Kier alpha value is -3.38. The summed E-state index contributed by atoms with van der Waals surface area (Å²) in [6.45, 7) is 8.68. The molecule has 0 radical (unpaired) electrons. The van der Waals surface area contributed by atoms with Gasteiger partial charge in [-0.2, -0.15) is 0 Å². The number of rotatable bonds is 10. The lowest BCUT2D eigenvalue weighted by Crippen LogP contribution is -2.45. The second kappa shape index (κ2) is 11.2. The molecule has 0 saturated heterocycles. The number of carbonyl (C=O) groups excluding carboxylic acids is 1. The molecule has 0 fully saturated rings. The highest BCUT2D eigenvalue weighted by molar-refractivity contribution is 6.22. The van der Waals surface area contributed by atoms with E-state index in [0.717, 1.165) is 34.6 Å². The van der Waals surface area contributed by atoms with Gasteiger partial charge >= 0.3 is 0 Å². The largest absolute Gasteiger partial charge is 0.467 e. The van der Waals surface area contributed by atoms with Gasteiger partial charge in [0.05, 0.1) is 18.5 Å². The molecule has 1 aromatic heterocycles. The van der Waals surface area contributed by atoms with Crippen molar-refractivity contribution in [1.29, 1.82) is 0 Å². The Bertz CT molecular complexity index is 1090. The maximum Gasteiger partial charge on any atom is 0.259 e. The standard InChI is InChI=1S/C28H33N3O3/c1-4-33-14-9-13-30(20-25-12-8-15-34-25)28-29-26(19-23-10-6-5-7-11-23)27(32)31(28)24-17-21(2)16-22(3)18-24/h5-8,10-12,15-18,26H,4,9,13-14,19-20H2,1-3H3. The van der Waals surface area contributed by atoms with Crippen LogP contribution in [0.4, 0.5) is 5.69 Å². The first-order valence-corrected chi connectivity index (χ1v) is 11.9. The number of nitrogens with zero attached hydrogens (tertiary/aromatic N) is 3. The van der Waals surface area contributed by atoms with Crippen molar-refractivity contribution in [3.05, 3.63) is 89.4 Å². The third kappa shape index (κ3) is 5.75. The first kappa shape index (κ1) is 23.8. The molecule has 3 aromatic rings. The maximum absolute atomic E-state index is 13.8. The van der Waals surface area contributed by atoms with Crippen molar-refractivity contribution in [2.75, 3.05) is 24.7 Å². The minimum Gasteiger partial charge on any atom is -0.467 e. The maximum atomic E-state index is 13.8. The summed E-state index contributed by atoms with van der Waals surface area (Å²) >= 11 is 0. The molecule has 0 bridgehead atoms. The summed E-state index contributed by atoms with van der Waals surface area (Å²) in [5.41, 5.74) is 4.18. The van der Waals surface area contributed by atoms with Gasteiger partial charge in [-0.3, -0.25) is 4.79 Å². The van der Waals surface area contributed by atoms with Crippen LogP contribution in [0.25, 0.3) is 0 Å². The second-order valence-corrected chi connectivity index (χ2v) is 8.71. The van der Waals surface area contributed by atoms with Crippen LogP contribution in [0.1, 0.15) is 35.8 Å². The van der Waals surface area contributed by atoms with Crippen molar-refractivity contribution in [2.45, 2.75) is 46.2 Å². The van der Waals surface area contributed by atoms with Crippen molar-refractivity contribution in [1.82, 2.24) is 4.90 Å². The molecule has 4 rings (SSSR count). The summed E-state index contributed by atoms with van der Waals surface area (Å²) in [5.74, 6) is 1.50. The minimum absolute atomic E-state index is 0.00175. The topological polar surface area (TPSA) is 58.3 Å². The molecule has 1 aliphatic heterocycles. The van der Waals surface area contributed by atoms with Crippen LogP contribution in [0.3, 0.4) is 0 Å². The molecule has 34 heavy (non-hydrogen) atoms. The number of aryl methyl sites for hydroxylation is 2. The Balaban J connectivity index is 1.69. The molecule has 2 aromatic carbocycles. The Morgan fingerprint density at radius 2 is 1.82 bits per heavy atom. The normalized spacial score (nSPS) is 15.6. The van der Waals surface area contributed by atoms with E-state index in [1.807, 2.05) is 49.4 Å². The lowest BCUT2D eigenvalue weighted by atomic mass is 10.1. The summed E-state index contributed by atoms with van der Waals surface area (Å²) in [5, 5.41) is 0. The van der Waals surface area contributed by atoms with E-state index in [9.17, 15) is 4.79 Å². The molecular weight excluding hydrogens is 426 g/mol.